The van der Waals surface area contributed by atoms with Gasteiger partial charge in [-0.05, 0) is 59.3 Å². The number of thioether (sulfide) groups is 1. The molecule has 162 valence electrons. The molecule has 1 aliphatic heterocycles. The van der Waals surface area contributed by atoms with Gasteiger partial charge < -0.3 is 10.6 Å². The molecule has 0 aliphatic carbocycles. The molecule has 2 amide bonds. The van der Waals surface area contributed by atoms with Crippen LogP contribution in [0.15, 0.2) is 64.6 Å². The summed E-state index contributed by atoms with van der Waals surface area (Å²) in [4.78, 5) is 33.7. The molecule has 1 fully saturated rings. The van der Waals surface area contributed by atoms with Gasteiger partial charge in [0.15, 0.2) is 5.17 Å². The lowest BCUT2D eigenvalue weighted by molar-refractivity contribution is -0.124. The van der Waals surface area contributed by atoms with Crippen LogP contribution in [0.4, 0.5) is 5.69 Å². The normalized spacial score (nSPS) is 16.2. The number of benzene rings is 2. The number of aliphatic imine (C=N–C) groups is 1. The van der Waals surface area contributed by atoms with Crippen molar-refractivity contribution in [2.75, 3.05) is 0 Å². The van der Waals surface area contributed by atoms with Crippen molar-refractivity contribution < 1.29 is 9.59 Å². The van der Waals surface area contributed by atoms with Gasteiger partial charge >= 0.3 is 0 Å². The van der Waals surface area contributed by atoms with Crippen LogP contribution in [0.25, 0.3) is 17.0 Å². The van der Waals surface area contributed by atoms with Gasteiger partial charge in [-0.2, -0.15) is 0 Å². The quantitative estimate of drug-likeness (QED) is 0.517. The molecule has 0 saturated carbocycles. The third-order valence-corrected chi connectivity index (χ3v) is 6.03. The molecule has 2 aromatic carbocycles. The van der Waals surface area contributed by atoms with Crippen molar-refractivity contribution in [3.8, 4) is 0 Å². The first-order valence-corrected chi connectivity index (χ1v) is 11.3. The van der Waals surface area contributed by atoms with Gasteiger partial charge in [0.2, 0.25) is 5.91 Å². The van der Waals surface area contributed by atoms with Crippen LogP contribution < -0.4 is 10.6 Å². The molecule has 0 radical (unpaired) electrons. The molecule has 1 saturated heterocycles. The topological polar surface area (TPSA) is 83.5 Å². The van der Waals surface area contributed by atoms with Crippen LogP contribution in [0.1, 0.15) is 25.0 Å². The maximum absolute atomic E-state index is 12.5. The molecule has 6 nitrogen and oxygen atoms in total. The van der Waals surface area contributed by atoms with Crippen molar-refractivity contribution in [1.82, 2.24) is 15.6 Å². The molecule has 1 aliphatic rings. The second-order valence-corrected chi connectivity index (χ2v) is 9.03. The molecule has 1 aromatic heterocycles. The van der Waals surface area contributed by atoms with Crippen LogP contribution in [-0.4, -0.2) is 22.0 Å². The van der Waals surface area contributed by atoms with Crippen LogP contribution in [0, 0.1) is 5.92 Å². The highest BCUT2D eigenvalue weighted by atomic mass is 35.5. The summed E-state index contributed by atoms with van der Waals surface area (Å²) in [6.07, 6.45) is 3.58. The minimum atomic E-state index is -0.212. The third kappa shape index (κ3) is 5.18. The van der Waals surface area contributed by atoms with Crippen molar-refractivity contribution in [3.63, 3.8) is 0 Å². The molecule has 0 spiro atoms. The minimum absolute atomic E-state index is 0.0225. The molecule has 0 bridgehead atoms. The highest BCUT2D eigenvalue weighted by Gasteiger charge is 2.24. The van der Waals surface area contributed by atoms with Crippen LogP contribution in [-0.2, 0) is 16.1 Å². The second kappa shape index (κ2) is 9.54. The lowest BCUT2D eigenvalue weighted by Gasteiger charge is -2.09. The summed E-state index contributed by atoms with van der Waals surface area (Å²) >= 11 is 7.57. The number of rotatable bonds is 5. The Kier molecular flexibility index (Phi) is 6.58. The number of carbonyl (C=O) groups is 2. The fourth-order valence-electron chi connectivity index (χ4n) is 3.07. The first-order valence-electron chi connectivity index (χ1n) is 10.1. The monoisotopic (exact) mass is 464 g/mol. The number of amides is 2. The zero-order valence-electron chi connectivity index (χ0n) is 17.6. The van der Waals surface area contributed by atoms with E-state index in [1.54, 1.807) is 18.3 Å². The largest absolute Gasteiger partial charge is 0.352 e. The first kappa shape index (κ1) is 22.0. The van der Waals surface area contributed by atoms with E-state index in [2.05, 4.69) is 20.6 Å². The number of nitrogens with zero attached hydrogens (tertiary/aromatic N) is 2. The van der Waals surface area contributed by atoms with Crippen molar-refractivity contribution in [1.29, 1.82) is 0 Å². The molecule has 0 unspecified atom stereocenters. The summed E-state index contributed by atoms with van der Waals surface area (Å²) < 4.78 is 0. The second-order valence-electron chi connectivity index (χ2n) is 7.60. The third-order valence-electron chi connectivity index (χ3n) is 4.80. The Morgan fingerprint density at radius 2 is 2.09 bits per heavy atom. The molecule has 0 atom stereocenters. The lowest BCUT2D eigenvalue weighted by atomic mass is 10.1. The summed E-state index contributed by atoms with van der Waals surface area (Å²) in [5.74, 6) is -0.321. The van der Waals surface area contributed by atoms with Gasteiger partial charge in [-0.1, -0.05) is 43.6 Å². The van der Waals surface area contributed by atoms with E-state index in [1.807, 2.05) is 56.3 Å². The molecular formula is C24H21ClN4O2S. The van der Waals surface area contributed by atoms with Crippen LogP contribution >= 0.6 is 23.4 Å². The van der Waals surface area contributed by atoms with E-state index in [0.717, 1.165) is 22.0 Å². The summed E-state index contributed by atoms with van der Waals surface area (Å²) in [5, 5.41) is 7.58. The number of amidine groups is 1. The number of nitrogens with one attached hydrogen (secondary N) is 2. The van der Waals surface area contributed by atoms with E-state index in [9.17, 15) is 9.59 Å². The summed E-state index contributed by atoms with van der Waals surface area (Å²) in [6, 6.07) is 15.1. The number of fused-ring (bicyclic) bond motifs is 1. The van der Waals surface area contributed by atoms with Gasteiger partial charge in [-0.3, -0.25) is 14.6 Å². The molecule has 2 heterocycles. The minimum Gasteiger partial charge on any atom is -0.352 e. The number of aromatic nitrogens is 1. The highest BCUT2D eigenvalue weighted by Crippen LogP contribution is 2.32. The Morgan fingerprint density at radius 1 is 1.25 bits per heavy atom. The van der Waals surface area contributed by atoms with Crippen molar-refractivity contribution >= 4 is 63.0 Å². The number of carbonyl (C=O) groups excluding carboxylic acids is 2. The van der Waals surface area contributed by atoms with Gasteiger partial charge in [0.25, 0.3) is 5.91 Å². The molecule has 2 N–H and O–H groups in total. The van der Waals surface area contributed by atoms with Gasteiger partial charge in [0.1, 0.15) is 0 Å². The van der Waals surface area contributed by atoms with Crippen molar-refractivity contribution in [3.05, 3.63) is 75.8 Å². The predicted molar refractivity (Wildman–Crippen MR) is 131 cm³/mol. The summed E-state index contributed by atoms with van der Waals surface area (Å²) in [7, 11) is 0. The summed E-state index contributed by atoms with van der Waals surface area (Å²) in [5.41, 5.74) is 3.21. The van der Waals surface area contributed by atoms with Gasteiger partial charge in [0.05, 0.1) is 21.1 Å². The summed E-state index contributed by atoms with van der Waals surface area (Å²) in [6.45, 7) is 4.07. The zero-order valence-corrected chi connectivity index (χ0v) is 19.1. The van der Waals surface area contributed by atoms with E-state index in [4.69, 9.17) is 11.6 Å². The van der Waals surface area contributed by atoms with Crippen LogP contribution in [0.2, 0.25) is 5.02 Å². The van der Waals surface area contributed by atoms with Gasteiger partial charge in [-0.25, -0.2) is 4.99 Å². The molecule has 32 heavy (non-hydrogen) atoms. The Bertz CT molecular complexity index is 1270. The number of hydrogen-bond donors (Lipinski definition) is 2. The van der Waals surface area contributed by atoms with E-state index in [0.29, 0.717) is 27.3 Å². The number of pyridine rings is 1. The zero-order chi connectivity index (χ0) is 22.7. The first-order chi connectivity index (χ1) is 15.4. The fraction of sp³-hybridized carbons (Fsp3) is 0.167. The number of halogens is 1. The van der Waals surface area contributed by atoms with Crippen molar-refractivity contribution in [2.45, 2.75) is 20.4 Å². The average molecular weight is 465 g/mol. The SMILES string of the molecule is CC(C)C(=O)NCc1ccc(Cl)c(N=C2NC(=O)/C(=C\c3ccc4ncccc4c3)S2)c1. The van der Waals surface area contributed by atoms with E-state index in [-0.39, 0.29) is 17.7 Å². The molecule has 4 rings (SSSR count). The Balaban J connectivity index is 1.53. The van der Waals surface area contributed by atoms with Crippen LogP contribution in [0.5, 0.6) is 0 Å². The number of hydrogen-bond acceptors (Lipinski definition) is 5. The maximum Gasteiger partial charge on any atom is 0.264 e. The Morgan fingerprint density at radius 3 is 2.91 bits per heavy atom. The van der Waals surface area contributed by atoms with Crippen LogP contribution in [0.3, 0.4) is 0 Å². The Hall–Kier alpha value is -3.16. The predicted octanol–water partition coefficient (Wildman–Crippen LogP) is 5.05. The maximum atomic E-state index is 12.5. The van der Waals surface area contributed by atoms with E-state index < -0.39 is 0 Å². The highest BCUT2D eigenvalue weighted by molar-refractivity contribution is 8.18. The smallest absolute Gasteiger partial charge is 0.264 e. The molecule has 8 heteroatoms. The fourth-order valence-corrected chi connectivity index (χ4v) is 4.07. The Labute approximate surface area is 195 Å². The molecule has 3 aromatic rings. The van der Waals surface area contributed by atoms with E-state index in [1.165, 1.54) is 11.8 Å². The van der Waals surface area contributed by atoms with Crippen molar-refractivity contribution in [2.24, 2.45) is 10.9 Å². The van der Waals surface area contributed by atoms with Gasteiger partial charge in [-0.15, -0.1) is 0 Å². The van der Waals surface area contributed by atoms with E-state index >= 15 is 0 Å². The standard InChI is InChI=1S/C24H21ClN4O2S/c1-14(2)22(30)27-13-16-5-7-18(25)20(11-16)28-24-29-23(31)21(32-24)12-15-6-8-19-17(10-15)4-3-9-26-19/h3-12,14H,13H2,1-2H3,(H,27,30)(H,28,29,31)/b21-12+. The molecular weight excluding hydrogens is 444 g/mol. The van der Waals surface area contributed by atoms with Gasteiger partial charge in [0, 0.05) is 24.0 Å². The average Bonchev–Trinajstić information content (AvgIpc) is 3.12. The lowest BCUT2D eigenvalue weighted by Crippen LogP contribution is -2.27.